The predicted molar refractivity (Wildman–Crippen MR) is 63.9 cm³/mol. The first-order valence-electron chi connectivity index (χ1n) is 5.96. The summed E-state index contributed by atoms with van der Waals surface area (Å²) in [6.45, 7) is 3.60. The Hall–Kier alpha value is -1.22. The van der Waals surface area contributed by atoms with Gasteiger partial charge in [0.2, 0.25) is 0 Å². The van der Waals surface area contributed by atoms with Gasteiger partial charge in [0.1, 0.15) is 11.5 Å². The third kappa shape index (κ3) is 2.47. The van der Waals surface area contributed by atoms with Crippen molar-refractivity contribution in [2.75, 3.05) is 13.2 Å². The molecule has 3 heteroatoms. The van der Waals surface area contributed by atoms with Crippen LogP contribution in [0.5, 0.6) is 11.5 Å². The monoisotopic (exact) mass is 221 g/mol. The molecule has 0 radical (unpaired) electrons. The molecular weight excluding hydrogens is 202 g/mol. The molecule has 0 saturated carbocycles. The first-order chi connectivity index (χ1) is 7.81. The van der Waals surface area contributed by atoms with Gasteiger partial charge in [-0.3, -0.25) is 0 Å². The summed E-state index contributed by atoms with van der Waals surface area (Å²) >= 11 is 0. The fraction of sp³-hybridized carbons (Fsp3) is 0.538. The lowest BCUT2D eigenvalue weighted by atomic mass is 10.0. The van der Waals surface area contributed by atoms with E-state index in [-0.39, 0.29) is 6.04 Å². The van der Waals surface area contributed by atoms with Crippen LogP contribution in [-0.2, 0) is 0 Å². The Bertz CT molecular complexity index is 352. The lowest BCUT2D eigenvalue weighted by Gasteiger charge is -2.13. The number of benzene rings is 1. The van der Waals surface area contributed by atoms with E-state index in [0.717, 1.165) is 49.5 Å². The average Bonchev–Trinajstić information content (AvgIpc) is 2.49. The van der Waals surface area contributed by atoms with E-state index < -0.39 is 0 Å². The molecule has 2 N–H and O–H groups in total. The molecule has 1 aliphatic rings. The van der Waals surface area contributed by atoms with Gasteiger partial charge in [-0.15, -0.1) is 0 Å². The second-order valence-corrected chi connectivity index (χ2v) is 4.15. The van der Waals surface area contributed by atoms with Gasteiger partial charge in [0.15, 0.2) is 0 Å². The minimum atomic E-state index is 0.0719. The number of ether oxygens (including phenoxy) is 2. The van der Waals surface area contributed by atoms with Crippen LogP contribution in [0.2, 0.25) is 0 Å². The summed E-state index contributed by atoms with van der Waals surface area (Å²) in [5, 5.41) is 0. The van der Waals surface area contributed by atoms with Crippen LogP contribution in [0.25, 0.3) is 0 Å². The van der Waals surface area contributed by atoms with Crippen molar-refractivity contribution < 1.29 is 9.47 Å². The molecule has 1 aromatic rings. The van der Waals surface area contributed by atoms with Crippen LogP contribution in [0.3, 0.4) is 0 Å². The molecule has 0 spiro atoms. The number of rotatable bonds is 3. The van der Waals surface area contributed by atoms with Crippen molar-refractivity contribution in [1.29, 1.82) is 0 Å². The van der Waals surface area contributed by atoms with Gasteiger partial charge >= 0.3 is 0 Å². The van der Waals surface area contributed by atoms with E-state index in [1.165, 1.54) is 0 Å². The Labute approximate surface area is 96.5 Å². The molecule has 88 valence electrons. The minimum Gasteiger partial charge on any atom is -0.494 e. The Morgan fingerprint density at radius 3 is 3.19 bits per heavy atom. The standard InChI is InChI=1S/C13H19NO2/c1-2-7-15-10-5-6-13-11(9-10)12(14)4-3-8-16-13/h5-6,9,12H,2-4,7-8,14H2,1H3. The van der Waals surface area contributed by atoms with Crippen LogP contribution < -0.4 is 15.2 Å². The van der Waals surface area contributed by atoms with E-state index >= 15 is 0 Å². The highest BCUT2D eigenvalue weighted by Crippen LogP contribution is 2.32. The third-order valence-corrected chi connectivity index (χ3v) is 2.77. The van der Waals surface area contributed by atoms with E-state index in [9.17, 15) is 0 Å². The normalized spacial score (nSPS) is 19.5. The molecule has 1 aromatic carbocycles. The van der Waals surface area contributed by atoms with E-state index in [2.05, 4.69) is 6.92 Å². The highest BCUT2D eigenvalue weighted by atomic mass is 16.5. The maximum absolute atomic E-state index is 6.11. The van der Waals surface area contributed by atoms with E-state index in [1.54, 1.807) is 0 Å². The van der Waals surface area contributed by atoms with Crippen molar-refractivity contribution in [2.24, 2.45) is 5.73 Å². The van der Waals surface area contributed by atoms with E-state index in [0.29, 0.717) is 0 Å². The second-order valence-electron chi connectivity index (χ2n) is 4.15. The molecule has 0 amide bonds. The van der Waals surface area contributed by atoms with Gasteiger partial charge in [0.25, 0.3) is 0 Å². The maximum atomic E-state index is 6.11. The van der Waals surface area contributed by atoms with Crippen molar-refractivity contribution in [3.05, 3.63) is 23.8 Å². The molecule has 1 heterocycles. The molecule has 2 rings (SSSR count). The summed E-state index contributed by atoms with van der Waals surface area (Å²) in [5.41, 5.74) is 7.18. The van der Waals surface area contributed by atoms with Gasteiger partial charge in [-0.05, 0) is 37.5 Å². The Morgan fingerprint density at radius 2 is 2.38 bits per heavy atom. The average molecular weight is 221 g/mol. The highest BCUT2D eigenvalue weighted by Gasteiger charge is 2.16. The first-order valence-corrected chi connectivity index (χ1v) is 5.96. The molecule has 0 aliphatic carbocycles. The van der Waals surface area contributed by atoms with Gasteiger partial charge in [0.05, 0.1) is 13.2 Å². The van der Waals surface area contributed by atoms with Crippen LogP contribution in [0.1, 0.15) is 37.8 Å². The summed E-state index contributed by atoms with van der Waals surface area (Å²) in [7, 11) is 0. The second kappa shape index (κ2) is 5.21. The molecule has 0 bridgehead atoms. The van der Waals surface area contributed by atoms with Crippen LogP contribution in [0, 0.1) is 0 Å². The van der Waals surface area contributed by atoms with Gasteiger partial charge < -0.3 is 15.2 Å². The molecule has 1 aliphatic heterocycles. The fourth-order valence-electron chi connectivity index (χ4n) is 1.90. The van der Waals surface area contributed by atoms with Crippen molar-refractivity contribution in [1.82, 2.24) is 0 Å². The predicted octanol–water partition coefficient (Wildman–Crippen LogP) is 2.65. The minimum absolute atomic E-state index is 0.0719. The zero-order valence-electron chi connectivity index (χ0n) is 9.74. The van der Waals surface area contributed by atoms with Gasteiger partial charge in [-0.25, -0.2) is 0 Å². The summed E-state index contributed by atoms with van der Waals surface area (Å²) in [6.07, 6.45) is 3.00. The van der Waals surface area contributed by atoms with Crippen molar-refractivity contribution in [3.8, 4) is 11.5 Å². The molecule has 0 saturated heterocycles. The fourth-order valence-corrected chi connectivity index (χ4v) is 1.90. The Balaban J connectivity index is 2.21. The maximum Gasteiger partial charge on any atom is 0.124 e. The van der Waals surface area contributed by atoms with Crippen LogP contribution in [0.15, 0.2) is 18.2 Å². The Kier molecular flexibility index (Phi) is 3.67. The smallest absolute Gasteiger partial charge is 0.124 e. The third-order valence-electron chi connectivity index (χ3n) is 2.77. The summed E-state index contributed by atoms with van der Waals surface area (Å²) < 4.78 is 11.2. The van der Waals surface area contributed by atoms with E-state index in [1.807, 2.05) is 18.2 Å². The summed E-state index contributed by atoms with van der Waals surface area (Å²) in [5.74, 6) is 1.80. The molecule has 0 fully saturated rings. The number of hydrogen-bond acceptors (Lipinski definition) is 3. The number of hydrogen-bond donors (Lipinski definition) is 1. The number of nitrogens with two attached hydrogens (primary N) is 1. The van der Waals surface area contributed by atoms with Crippen LogP contribution in [0.4, 0.5) is 0 Å². The SMILES string of the molecule is CCCOc1ccc2c(c1)C(N)CCCO2. The highest BCUT2D eigenvalue weighted by molar-refractivity contribution is 5.42. The molecule has 1 unspecified atom stereocenters. The zero-order valence-corrected chi connectivity index (χ0v) is 9.74. The van der Waals surface area contributed by atoms with Crippen LogP contribution in [-0.4, -0.2) is 13.2 Å². The van der Waals surface area contributed by atoms with Gasteiger partial charge in [-0.1, -0.05) is 6.92 Å². The lowest BCUT2D eigenvalue weighted by molar-refractivity contribution is 0.309. The molecule has 1 atom stereocenters. The molecule has 16 heavy (non-hydrogen) atoms. The van der Waals surface area contributed by atoms with Gasteiger partial charge in [0, 0.05) is 11.6 Å². The van der Waals surface area contributed by atoms with Gasteiger partial charge in [-0.2, -0.15) is 0 Å². The molecule has 3 nitrogen and oxygen atoms in total. The quantitative estimate of drug-likeness (QED) is 0.853. The topological polar surface area (TPSA) is 44.5 Å². The van der Waals surface area contributed by atoms with Crippen LogP contribution >= 0.6 is 0 Å². The van der Waals surface area contributed by atoms with E-state index in [4.69, 9.17) is 15.2 Å². The van der Waals surface area contributed by atoms with Crippen molar-refractivity contribution >= 4 is 0 Å². The molecule has 0 aromatic heterocycles. The molecular formula is C13H19NO2. The number of fused-ring (bicyclic) bond motifs is 1. The van der Waals surface area contributed by atoms with Crippen molar-refractivity contribution in [3.63, 3.8) is 0 Å². The van der Waals surface area contributed by atoms with Crippen molar-refractivity contribution in [2.45, 2.75) is 32.2 Å². The first kappa shape index (κ1) is 11.3. The zero-order chi connectivity index (χ0) is 11.4. The summed E-state index contributed by atoms with van der Waals surface area (Å²) in [6, 6.07) is 6.00. The Morgan fingerprint density at radius 1 is 1.50 bits per heavy atom. The lowest BCUT2D eigenvalue weighted by Crippen LogP contribution is -2.09. The summed E-state index contributed by atoms with van der Waals surface area (Å²) in [4.78, 5) is 0. The largest absolute Gasteiger partial charge is 0.494 e.